The summed E-state index contributed by atoms with van der Waals surface area (Å²) >= 11 is 0. The summed E-state index contributed by atoms with van der Waals surface area (Å²) in [6.45, 7) is 2.51. The molecule has 0 N–H and O–H groups in total. The number of nitrogens with zero attached hydrogens (tertiary/aromatic N) is 1. The van der Waals surface area contributed by atoms with Crippen LogP contribution < -0.4 is 21.2 Å². The van der Waals surface area contributed by atoms with E-state index in [0.29, 0.717) is 11.4 Å². The largest absolute Gasteiger partial charge is 0.243 e. The van der Waals surface area contributed by atoms with Crippen LogP contribution in [0.2, 0.25) is 0 Å². The highest BCUT2D eigenvalue weighted by Gasteiger charge is 2.44. The second-order valence-corrected chi connectivity index (χ2v) is 17.4. The van der Waals surface area contributed by atoms with Crippen molar-refractivity contribution in [3.8, 4) is 0 Å². The molecule has 1 heterocycles. The molecule has 0 bridgehead atoms. The Morgan fingerprint density at radius 3 is 1.50 bits per heavy atom. The molecular weight excluding hydrogens is 572 g/mol. The average molecular weight is 608 g/mol. The van der Waals surface area contributed by atoms with Crippen LogP contribution >= 0.6 is 15.8 Å². The van der Waals surface area contributed by atoms with Crippen molar-refractivity contribution in [1.82, 2.24) is 4.31 Å². The van der Waals surface area contributed by atoms with Gasteiger partial charge in [-0.05, 0) is 68.7 Å². The fraction of sp³-hybridized carbons (Fsp3) is 0.167. The minimum atomic E-state index is -3.69. The van der Waals surface area contributed by atoms with Gasteiger partial charge in [0.2, 0.25) is 10.0 Å². The molecule has 0 aromatic heterocycles. The van der Waals surface area contributed by atoms with Crippen molar-refractivity contribution < 1.29 is 8.42 Å². The molecule has 0 spiro atoms. The molecule has 0 saturated carbocycles. The van der Waals surface area contributed by atoms with Crippen molar-refractivity contribution in [2.45, 2.75) is 29.9 Å². The molecule has 1 aliphatic heterocycles. The Kier molecular flexibility index (Phi) is 8.98. The first-order valence-electron chi connectivity index (χ1n) is 14.4. The molecule has 3 nitrogen and oxygen atoms in total. The molecule has 0 radical (unpaired) electrons. The van der Waals surface area contributed by atoms with Crippen LogP contribution in [0.3, 0.4) is 0 Å². The molecule has 42 heavy (non-hydrogen) atoms. The molecular formula is C36H35NO2P2S. The summed E-state index contributed by atoms with van der Waals surface area (Å²) in [4.78, 5) is 0.381. The summed E-state index contributed by atoms with van der Waals surface area (Å²) in [5, 5.41) is 5.15. The predicted octanol–water partition coefficient (Wildman–Crippen LogP) is 6.39. The SMILES string of the molecule is Cc1ccc(S(=O)(=O)N2C[C@@H](P(c3ccccc3)c3ccccc3)C[C@H]2CP(c2ccccc2)c2ccccc2)cc1. The van der Waals surface area contributed by atoms with Gasteiger partial charge in [0.25, 0.3) is 0 Å². The van der Waals surface area contributed by atoms with E-state index >= 15 is 0 Å². The molecule has 1 saturated heterocycles. The van der Waals surface area contributed by atoms with Gasteiger partial charge >= 0.3 is 0 Å². The molecule has 0 amide bonds. The second-order valence-electron chi connectivity index (χ2n) is 10.8. The van der Waals surface area contributed by atoms with Crippen molar-refractivity contribution in [2.75, 3.05) is 12.7 Å². The van der Waals surface area contributed by atoms with Crippen LogP contribution in [0, 0.1) is 6.92 Å². The van der Waals surface area contributed by atoms with Gasteiger partial charge in [-0.2, -0.15) is 4.31 Å². The quantitative estimate of drug-likeness (QED) is 0.182. The lowest BCUT2D eigenvalue weighted by Crippen LogP contribution is -2.39. The van der Waals surface area contributed by atoms with E-state index in [2.05, 4.69) is 121 Å². The van der Waals surface area contributed by atoms with E-state index in [1.165, 1.54) is 21.2 Å². The van der Waals surface area contributed by atoms with Crippen LogP contribution in [0.4, 0.5) is 0 Å². The van der Waals surface area contributed by atoms with Crippen molar-refractivity contribution in [3.05, 3.63) is 151 Å². The summed E-state index contributed by atoms with van der Waals surface area (Å²) in [5.74, 6) is 0. The topological polar surface area (TPSA) is 37.4 Å². The summed E-state index contributed by atoms with van der Waals surface area (Å²) in [5.41, 5.74) is 1.26. The number of sulfonamides is 1. The van der Waals surface area contributed by atoms with Gasteiger partial charge in [-0.25, -0.2) is 8.42 Å². The molecule has 6 rings (SSSR count). The second kappa shape index (κ2) is 13.0. The Labute approximate surface area is 252 Å². The van der Waals surface area contributed by atoms with E-state index < -0.39 is 25.9 Å². The van der Waals surface area contributed by atoms with Gasteiger partial charge < -0.3 is 0 Å². The molecule has 1 fully saturated rings. The fourth-order valence-corrected chi connectivity index (χ4v) is 13.3. The van der Waals surface area contributed by atoms with Crippen LogP contribution in [-0.4, -0.2) is 37.1 Å². The van der Waals surface area contributed by atoms with E-state index in [-0.39, 0.29) is 11.7 Å². The first-order valence-corrected chi connectivity index (χ1v) is 18.7. The van der Waals surface area contributed by atoms with Crippen molar-refractivity contribution >= 4 is 47.1 Å². The first kappa shape index (κ1) is 29.0. The number of hydrogen-bond donors (Lipinski definition) is 0. The maximum Gasteiger partial charge on any atom is 0.243 e. The summed E-state index contributed by atoms with van der Waals surface area (Å²) in [6, 6.07) is 49.9. The standard InChI is InChI=1S/C36H35NO2P2S/c1-29-22-24-36(25-23-29)42(38,39)37-27-35(41(33-18-10-4-11-19-33)34-20-12-5-13-21-34)26-30(37)28-40(31-14-6-2-7-15-31)32-16-8-3-9-17-32/h2-25,30,35H,26-28H2,1H3/t30-,35-/m0/s1. The van der Waals surface area contributed by atoms with E-state index in [1.54, 1.807) is 12.1 Å². The number of aryl methyl sites for hydroxylation is 1. The Bertz CT molecular complexity index is 1610. The Morgan fingerprint density at radius 2 is 1.05 bits per heavy atom. The molecule has 2 atom stereocenters. The minimum Gasteiger partial charge on any atom is -0.207 e. The first-order chi connectivity index (χ1) is 20.5. The molecule has 5 aromatic rings. The monoisotopic (exact) mass is 607 g/mol. The van der Waals surface area contributed by atoms with Gasteiger partial charge in [0.1, 0.15) is 0 Å². The lowest BCUT2D eigenvalue weighted by Gasteiger charge is -2.28. The zero-order chi connectivity index (χ0) is 28.9. The van der Waals surface area contributed by atoms with Gasteiger partial charge in [0.15, 0.2) is 0 Å². The van der Waals surface area contributed by atoms with Crippen molar-refractivity contribution in [2.24, 2.45) is 0 Å². The van der Waals surface area contributed by atoms with Crippen LogP contribution in [0.25, 0.3) is 0 Å². The molecule has 1 aliphatic rings. The average Bonchev–Trinajstić information content (AvgIpc) is 3.46. The number of hydrogen-bond acceptors (Lipinski definition) is 2. The number of benzene rings is 5. The van der Waals surface area contributed by atoms with Gasteiger partial charge in [0.05, 0.1) is 4.90 Å². The van der Waals surface area contributed by atoms with Gasteiger partial charge in [0, 0.05) is 18.2 Å². The van der Waals surface area contributed by atoms with Crippen LogP contribution in [-0.2, 0) is 10.0 Å². The lowest BCUT2D eigenvalue weighted by molar-refractivity contribution is 0.412. The van der Waals surface area contributed by atoms with Gasteiger partial charge in [-0.3, -0.25) is 0 Å². The van der Waals surface area contributed by atoms with E-state index in [4.69, 9.17) is 0 Å². The molecule has 212 valence electrons. The minimum absolute atomic E-state index is 0.106. The zero-order valence-electron chi connectivity index (χ0n) is 23.7. The molecule has 0 aliphatic carbocycles. The summed E-state index contributed by atoms with van der Waals surface area (Å²) < 4.78 is 30.6. The summed E-state index contributed by atoms with van der Waals surface area (Å²) in [6.07, 6.45) is 1.62. The number of rotatable bonds is 9. The highest BCUT2D eigenvalue weighted by Crippen LogP contribution is 2.49. The highest BCUT2D eigenvalue weighted by molar-refractivity contribution is 7.89. The van der Waals surface area contributed by atoms with E-state index in [1.807, 2.05) is 23.4 Å². The van der Waals surface area contributed by atoms with Gasteiger partial charge in [-0.1, -0.05) is 139 Å². The third-order valence-corrected chi connectivity index (χ3v) is 15.3. The molecule has 6 heteroatoms. The Morgan fingerprint density at radius 1 is 0.619 bits per heavy atom. The normalized spacial score (nSPS) is 17.6. The van der Waals surface area contributed by atoms with Crippen molar-refractivity contribution in [3.63, 3.8) is 0 Å². The maximum absolute atomic E-state index is 14.4. The zero-order valence-corrected chi connectivity index (χ0v) is 26.3. The third-order valence-electron chi connectivity index (χ3n) is 7.93. The summed E-state index contributed by atoms with van der Waals surface area (Å²) in [7, 11) is -5.21. The van der Waals surface area contributed by atoms with E-state index in [0.717, 1.165) is 18.1 Å². The highest BCUT2D eigenvalue weighted by atomic mass is 32.2. The lowest BCUT2D eigenvalue weighted by atomic mass is 10.2. The fourth-order valence-electron chi connectivity index (χ4n) is 5.89. The predicted molar refractivity (Wildman–Crippen MR) is 180 cm³/mol. The smallest absolute Gasteiger partial charge is 0.207 e. The van der Waals surface area contributed by atoms with E-state index in [9.17, 15) is 8.42 Å². The molecule has 0 unspecified atom stereocenters. The van der Waals surface area contributed by atoms with Crippen molar-refractivity contribution in [1.29, 1.82) is 0 Å². The Hall–Kier alpha value is -3.13. The Balaban J connectivity index is 1.43. The maximum atomic E-state index is 14.4. The van der Waals surface area contributed by atoms with Crippen LogP contribution in [0.15, 0.2) is 150 Å². The van der Waals surface area contributed by atoms with Crippen LogP contribution in [0.5, 0.6) is 0 Å². The third kappa shape index (κ3) is 6.29. The van der Waals surface area contributed by atoms with Gasteiger partial charge in [-0.15, -0.1) is 0 Å². The van der Waals surface area contributed by atoms with Crippen LogP contribution in [0.1, 0.15) is 12.0 Å². The molecule has 5 aromatic carbocycles.